The van der Waals surface area contributed by atoms with E-state index in [9.17, 15) is 4.79 Å². The van der Waals surface area contributed by atoms with Crippen molar-refractivity contribution < 1.29 is 4.79 Å². The van der Waals surface area contributed by atoms with Gasteiger partial charge in [0.15, 0.2) is 0 Å². The smallest absolute Gasteiger partial charge is 0.124 e. The number of hydrogen-bond acceptors (Lipinski definition) is 1. The first kappa shape index (κ1) is 12.3. The fourth-order valence-electron chi connectivity index (χ4n) is 0.587. The van der Waals surface area contributed by atoms with Gasteiger partial charge in [-0.2, -0.15) is 0 Å². The summed E-state index contributed by atoms with van der Waals surface area (Å²) >= 11 is 0. The number of halogens is 1. The standard InChI is InChI=1S/C6H13OP.BrH/c1-3-8(4-2)6-5-7;/h5H,3-4,6H2,1-2H3;1H. The molecule has 0 aromatic rings. The van der Waals surface area contributed by atoms with Gasteiger partial charge in [0.05, 0.1) is 0 Å². The van der Waals surface area contributed by atoms with Gasteiger partial charge in [0.2, 0.25) is 0 Å². The molecule has 0 aromatic carbocycles. The van der Waals surface area contributed by atoms with Gasteiger partial charge in [0.1, 0.15) is 6.29 Å². The van der Waals surface area contributed by atoms with Crippen LogP contribution in [0.3, 0.4) is 0 Å². The van der Waals surface area contributed by atoms with Crippen LogP contribution < -0.4 is 0 Å². The summed E-state index contributed by atoms with van der Waals surface area (Å²) in [6, 6.07) is 0. The summed E-state index contributed by atoms with van der Waals surface area (Å²) in [6.07, 6.45) is 4.25. The van der Waals surface area contributed by atoms with E-state index in [0.29, 0.717) is 0 Å². The molecule has 0 aliphatic heterocycles. The van der Waals surface area contributed by atoms with Crippen LogP contribution in [0.4, 0.5) is 0 Å². The summed E-state index contributed by atoms with van der Waals surface area (Å²) in [6.45, 7) is 4.30. The average molecular weight is 213 g/mol. The Morgan fingerprint density at radius 3 is 1.89 bits per heavy atom. The zero-order valence-electron chi connectivity index (χ0n) is 5.96. The number of hydrogen-bond donors (Lipinski definition) is 0. The van der Waals surface area contributed by atoms with Crippen LogP contribution in [-0.2, 0) is 4.79 Å². The Kier molecular flexibility index (Phi) is 11.7. The molecule has 0 saturated carbocycles. The summed E-state index contributed by atoms with van der Waals surface area (Å²) in [5, 5.41) is 0. The Morgan fingerprint density at radius 1 is 1.33 bits per heavy atom. The molecular weight excluding hydrogens is 199 g/mol. The highest BCUT2D eigenvalue weighted by atomic mass is 79.9. The van der Waals surface area contributed by atoms with Crippen LogP contribution in [0.2, 0.25) is 0 Å². The quantitative estimate of drug-likeness (QED) is 0.517. The van der Waals surface area contributed by atoms with Crippen molar-refractivity contribution in [1.29, 1.82) is 0 Å². The van der Waals surface area contributed by atoms with Gasteiger partial charge in [-0.1, -0.05) is 13.8 Å². The van der Waals surface area contributed by atoms with Gasteiger partial charge >= 0.3 is 0 Å². The highest BCUT2D eigenvalue weighted by Gasteiger charge is 1.97. The number of rotatable bonds is 4. The van der Waals surface area contributed by atoms with Crippen molar-refractivity contribution in [3.63, 3.8) is 0 Å². The lowest BCUT2D eigenvalue weighted by atomic mass is 10.9. The molecule has 0 fully saturated rings. The van der Waals surface area contributed by atoms with Crippen LogP contribution in [0, 0.1) is 0 Å². The third-order valence-electron chi connectivity index (χ3n) is 1.23. The van der Waals surface area contributed by atoms with Crippen LogP contribution in [0.25, 0.3) is 0 Å². The largest absolute Gasteiger partial charge is 0.303 e. The van der Waals surface area contributed by atoms with E-state index in [2.05, 4.69) is 13.8 Å². The number of carbonyl (C=O) groups excluding carboxylic acids is 1. The Hall–Kier alpha value is 0.580. The molecule has 0 unspecified atom stereocenters. The minimum atomic E-state index is 0. The molecule has 0 radical (unpaired) electrons. The molecule has 0 aliphatic carbocycles. The maximum atomic E-state index is 9.95. The van der Waals surface area contributed by atoms with Gasteiger partial charge in [-0.25, -0.2) is 0 Å². The minimum absolute atomic E-state index is 0. The first-order chi connectivity index (χ1) is 3.85. The van der Waals surface area contributed by atoms with E-state index in [1.807, 2.05) is 0 Å². The van der Waals surface area contributed by atoms with Crippen LogP contribution in [0.1, 0.15) is 13.8 Å². The van der Waals surface area contributed by atoms with E-state index in [4.69, 9.17) is 0 Å². The molecule has 9 heavy (non-hydrogen) atoms. The number of carbonyl (C=O) groups is 1. The fourth-order valence-corrected chi connectivity index (χ4v) is 1.76. The molecule has 0 spiro atoms. The molecule has 1 nitrogen and oxygen atoms in total. The third-order valence-corrected chi connectivity index (χ3v) is 3.68. The SMILES string of the molecule is Br.CCP(CC)CC=O. The Labute approximate surface area is 68.7 Å². The molecule has 0 heterocycles. The average Bonchev–Trinajstić information content (AvgIpc) is 1.83. The summed E-state index contributed by atoms with van der Waals surface area (Å²) < 4.78 is 0. The summed E-state index contributed by atoms with van der Waals surface area (Å²) in [7, 11) is 0.0756. The van der Waals surface area contributed by atoms with E-state index in [-0.39, 0.29) is 24.9 Å². The molecule has 0 bridgehead atoms. The molecule has 0 aliphatic rings. The Morgan fingerprint density at radius 2 is 1.78 bits per heavy atom. The Bertz CT molecular complexity index is 64.1. The van der Waals surface area contributed by atoms with E-state index in [1.165, 1.54) is 12.3 Å². The van der Waals surface area contributed by atoms with Crippen molar-refractivity contribution in [3.8, 4) is 0 Å². The highest BCUT2D eigenvalue weighted by molar-refractivity contribution is 8.93. The third kappa shape index (κ3) is 6.47. The summed E-state index contributed by atoms with van der Waals surface area (Å²) in [4.78, 5) is 9.95. The normalized spacial score (nSPS) is 8.78. The second-order valence-corrected chi connectivity index (χ2v) is 4.62. The van der Waals surface area contributed by atoms with Crippen molar-refractivity contribution >= 4 is 31.2 Å². The number of aldehydes is 1. The maximum Gasteiger partial charge on any atom is 0.124 e. The van der Waals surface area contributed by atoms with E-state index in [0.717, 1.165) is 12.4 Å². The predicted octanol–water partition coefficient (Wildman–Crippen LogP) is 2.28. The van der Waals surface area contributed by atoms with Gasteiger partial charge in [-0.3, -0.25) is 0 Å². The van der Waals surface area contributed by atoms with Crippen molar-refractivity contribution in [2.24, 2.45) is 0 Å². The molecule has 56 valence electrons. The van der Waals surface area contributed by atoms with E-state index >= 15 is 0 Å². The first-order valence-electron chi connectivity index (χ1n) is 3.01. The topological polar surface area (TPSA) is 17.1 Å². The Balaban J connectivity index is 0. The molecule has 0 atom stereocenters. The highest BCUT2D eigenvalue weighted by Crippen LogP contribution is 2.31. The van der Waals surface area contributed by atoms with Crippen molar-refractivity contribution in [3.05, 3.63) is 0 Å². The van der Waals surface area contributed by atoms with Crippen LogP contribution >= 0.6 is 24.9 Å². The second kappa shape index (κ2) is 8.58. The van der Waals surface area contributed by atoms with Crippen LogP contribution in [0.5, 0.6) is 0 Å². The maximum absolute atomic E-state index is 9.95. The van der Waals surface area contributed by atoms with Crippen molar-refractivity contribution in [2.75, 3.05) is 18.5 Å². The lowest BCUT2D eigenvalue weighted by Crippen LogP contribution is -1.89. The van der Waals surface area contributed by atoms with Crippen LogP contribution in [0.15, 0.2) is 0 Å². The van der Waals surface area contributed by atoms with Crippen molar-refractivity contribution in [2.45, 2.75) is 13.8 Å². The first-order valence-corrected chi connectivity index (χ1v) is 4.90. The molecule has 0 rings (SSSR count). The zero-order chi connectivity index (χ0) is 6.41. The molecule has 3 heteroatoms. The molecule has 0 aromatic heterocycles. The van der Waals surface area contributed by atoms with Gasteiger partial charge in [-0.05, 0) is 12.3 Å². The minimum Gasteiger partial charge on any atom is -0.303 e. The predicted molar refractivity (Wildman–Crippen MR) is 49.3 cm³/mol. The molecule has 0 saturated heterocycles. The molecular formula is C6H14BrOP. The van der Waals surface area contributed by atoms with Gasteiger partial charge in [-0.15, -0.1) is 24.9 Å². The fraction of sp³-hybridized carbons (Fsp3) is 0.833. The lowest BCUT2D eigenvalue weighted by molar-refractivity contribution is -0.105. The van der Waals surface area contributed by atoms with E-state index in [1.54, 1.807) is 0 Å². The second-order valence-electron chi connectivity index (χ2n) is 1.65. The van der Waals surface area contributed by atoms with Gasteiger partial charge in [0, 0.05) is 6.16 Å². The van der Waals surface area contributed by atoms with Gasteiger partial charge in [0.25, 0.3) is 0 Å². The van der Waals surface area contributed by atoms with Crippen molar-refractivity contribution in [1.82, 2.24) is 0 Å². The molecule has 0 amide bonds. The van der Waals surface area contributed by atoms with E-state index < -0.39 is 0 Å². The lowest BCUT2D eigenvalue weighted by Gasteiger charge is -2.06. The molecule has 0 N–H and O–H groups in total. The summed E-state index contributed by atoms with van der Waals surface area (Å²) in [5.41, 5.74) is 0. The summed E-state index contributed by atoms with van der Waals surface area (Å²) in [5.74, 6) is 0. The van der Waals surface area contributed by atoms with Gasteiger partial charge < -0.3 is 4.79 Å². The zero-order valence-corrected chi connectivity index (χ0v) is 8.57. The monoisotopic (exact) mass is 212 g/mol. The van der Waals surface area contributed by atoms with Crippen LogP contribution in [-0.4, -0.2) is 24.8 Å².